The molecule has 0 saturated heterocycles. The maximum Gasteiger partial charge on any atom is 0.331 e. The number of nitrogens with zero attached hydrogens (tertiary/aromatic N) is 1. The van der Waals surface area contributed by atoms with Gasteiger partial charge >= 0.3 is 5.97 Å². The van der Waals surface area contributed by atoms with Crippen LogP contribution in [0.15, 0.2) is 18.2 Å². The number of ether oxygens (including phenoxy) is 3. The minimum absolute atomic E-state index is 0.346. The Morgan fingerprint density at radius 2 is 2.07 bits per heavy atom. The van der Waals surface area contributed by atoms with Crippen LogP contribution < -0.4 is 14.8 Å². The molecule has 7 nitrogen and oxygen atoms in total. The molecular weight excluding hydrogens is 384 g/mol. The number of hydrogen-bond donors (Lipinski definition) is 1. The summed E-state index contributed by atoms with van der Waals surface area (Å²) < 4.78 is 15.6. The molecule has 0 aliphatic heterocycles. The van der Waals surface area contributed by atoms with Gasteiger partial charge in [0.2, 0.25) is 0 Å². The molecule has 0 unspecified atom stereocenters. The lowest BCUT2D eigenvalue weighted by Gasteiger charge is -2.21. The third kappa shape index (κ3) is 5.64. The Morgan fingerprint density at radius 1 is 1.36 bits per heavy atom. The fourth-order valence-corrected chi connectivity index (χ4v) is 3.34. The highest BCUT2D eigenvalue weighted by Gasteiger charge is 2.35. The first-order chi connectivity index (χ1) is 13.4. The van der Waals surface area contributed by atoms with Gasteiger partial charge in [-0.2, -0.15) is 5.26 Å². The number of esters is 1. The molecule has 0 heterocycles. The van der Waals surface area contributed by atoms with Crippen LogP contribution >= 0.6 is 11.6 Å². The molecule has 1 aromatic carbocycles. The third-order valence-corrected chi connectivity index (χ3v) is 4.62. The zero-order valence-electron chi connectivity index (χ0n) is 15.9. The molecule has 0 atom stereocenters. The molecule has 1 aromatic rings. The molecule has 0 bridgehead atoms. The van der Waals surface area contributed by atoms with Crippen LogP contribution in [-0.2, 0) is 14.3 Å². The highest BCUT2D eigenvalue weighted by molar-refractivity contribution is 6.32. The first kappa shape index (κ1) is 21.6. The Labute approximate surface area is 169 Å². The lowest BCUT2D eigenvalue weighted by molar-refractivity contribution is -0.144. The van der Waals surface area contributed by atoms with E-state index in [0.717, 1.165) is 12.8 Å². The van der Waals surface area contributed by atoms with Crippen molar-refractivity contribution in [3.63, 3.8) is 0 Å². The third-order valence-electron chi connectivity index (χ3n) is 4.34. The molecule has 1 N–H and O–H groups in total. The van der Waals surface area contributed by atoms with E-state index in [1.807, 2.05) is 6.92 Å². The molecule has 1 amide bonds. The molecule has 2 rings (SSSR count). The van der Waals surface area contributed by atoms with Gasteiger partial charge in [0.25, 0.3) is 5.91 Å². The highest BCUT2D eigenvalue weighted by Crippen LogP contribution is 2.36. The van der Waals surface area contributed by atoms with E-state index in [0.29, 0.717) is 41.5 Å². The summed E-state index contributed by atoms with van der Waals surface area (Å²) in [5.41, 5.74) is -0.223. The average Bonchev–Trinajstić information content (AvgIpc) is 3.14. The van der Waals surface area contributed by atoms with Crippen LogP contribution in [0, 0.1) is 11.3 Å². The fourth-order valence-electron chi connectivity index (χ4n) is 3.04. The molecule has 1 saturated carbocycles. The smallest absolute Gasteiger partial charge is 0.331 e. The molecule has 1 fully saturated rings. The van der Waals surface area contributed by atoms with Crippen molar-refractivity contribution in [3.05, 3.63) is 28.8 Å². The standard InChI is InChI=1S/C20H23ClN2O5/c1-3-27-16-11-14(10-15(21)19(16)26-2)6-7-18(25)28-12-17(24)23-20(13-22)8-4-5-9-20/h6-7,10-11H,3-5,8-9,12H2,1-2H3,(H,23,24)/b7-6+. The zero-order valence-corrected chi connectivity index (χ0v) is 16.7. The molecule has 28 heavy (non-hydrogen) atoms. The van der Waals surface area contributed by atoms with Crippen molar-refractivity contribution in [1.29, 1.82) is 5.26 Å². The van der Waals surface area contributed by atoms with Crippen molar-refractivity contribution >= 4 is 29.6 Å². The van der Waals surface area contributed by atoms with Gasteiger partial charge in [0.05, 0.1) is 24.8 Å². The fraction of sp³-hybridized carbons (Fsp3) is 0.450. The summed E-state index contributed by atoms with van der Waals surface area (Å²) in [5, 5.41) is 12.3. The SMILES string of the molecule is CCOc1cc(/C=C/C(=O)OCC(=O)NC2(C#N)CCCC2)cc(Cl)c1OC. The normalized spacial score (nSPS) is 15.1. The maximum atomic E-state index is 12.0. The topological polar surface area (TPSA) is 97.6 Å². The van der Waals surface area contributed by atoms with Crippen molar-refractivity contribution in [2.45, 2.75) is 38.1 Å². The summed E-state index contributed by atoms with van der Waals surface area (Å²) in [6.07, 6.45) is 5.71. The second-order valence-electron chi connectivity index (χ2n) is 6.36. The second kappa shape index (κ2) is 10.00. The lowest BCUT2D eigenvalue weighted by Crippen LogP contribution is -2.46. The molecule has 1 aliphatic rings. The minimum atomic E-state index is -0.838. The average molecular weight is 407 g/mol. The molecule has 1 aliphatic carbocycles. The molecule has 150 valence electrons. The monoisotopic (exact) mass is 406 g/mol. The van der Waals surface area contributed by atoms with Gasteiger partial charge in [0.15, 0.2) is 18.1 Å². The number of benzene rings is 1. The predicted molar refractivity (Wildman–Crippen MR) is 104 cm³/mol. The molecular formula is C20H23ClN2O5. The summed E-state index contributed by atoms with van der Waals surface area (Å²) >= 11 is 6.16. The summed E-state index contributed by atoms with van der Waals surface area (Å²) in [7, 11) is 1.49. The number of carbonyl (C=O) groups is 2. The molecule has 0 radical (unpaired) electrons. The van der Waals surface area contributed by atoms with Gasteiger partial charge in [-0.1, -0.05) is 11.6 Å². The van der Waals surface area contributed by atoms with E-state index in [1.54, 1.807) is 12.1 Å². The number of nitrogens with one attached hydrogen (secondary N) is 1. The second-order valence-corrected chi connectivity index (χ2v) is 6.76. The van der Waals surface area contributed by atoms with Crippen LogP contribution in [-0.4, -0.2) is 37.7 Å². The summed E-state index contributed by atoms with van der Waals surface area (Å²) in [4.78, 5) is 23.8. The summed E-state index contributed by atoms with van der Waals surface area (Å²) in [6, 6.07) is 5.46. The van der Waals surface area contributed by atoms with Gasteiger partial charge in [-0.25, -0.2) is 4.79 Å². The lowest BCUT2D eigenvalue weighted by atomic mass is 10.00. The predicted octanol–water partition coefficient (Wildman–Crippen LogP) is 3.26. The van der Waals surface area contributed by atoms with Gasteiger partial charge in [-0.3, -0.25) is 4.79 Å². The van der Waals surface area contributed by atoms with Crippen molar-refractivity contribution in [2.24, 2.45) is 0 Å². The molecule has 8 heteroatoms. The first-order valence-corrected chi connectivity index (χ1v) is 9.38. The van der Waals surface area contributed by atoms with Crippen LogP contribution in [0.5, 0.6) is 11.5 Å². The van der Waals surface area contributed by atoms with Gasteiger partial charge in [-0.05, 0) is 56.4 Å². The number of halogens is 1. The van der Waals surface area contributed by atoms with E-state index in [2.05, 4.69) is 11.4 Å². The Morgan fingerprint density at radius 3 is 2.68 bits per heavy atom. The van der Waals surface area contributed by atoms with Crippen LogP contribution in [0.25, 0.3) is 6.08 Å². The number of methoxy groups -OCH3 is 1. The Balaban J connectivity index is 1.93. The van der Waals surface area contributed by atoms with E-state index in [1.165, 1.54) is 19.3 Å². The number of hydrogen-bond acceptors (Lipinski definition) is 6. The van der Waals surface area contributed by atoms with Crippen molar-refractivity contribution in [2.75, 3.05) is 20.3 Å². The van der Waals surface area contributed by atoms with Gasteiger partial charge in [0.1, 0.15) is 5.54 Å². The van der Waals surface area contributed by atoms with Crippen molar-refractivity contribution in [1.82, 2.24) is 5.32 Å². The van der Waals surface area contributed by atoms with Gasteiger partial charge < -0.3 is 19.5 Å². The van der Waals surface area contributed by atoms with E-state index in [9.17, 15) is 14.9 Å². The first-order valence-electron chi connectivity index (χ1n) is 9.00. The van der Waals surface area contributed by atoms with E-state index >= 15 is 0 Å². The van der Waals surface area contributed by atoms with Gasteiger partial charge in [-0.15, -0.1) is 0 Å². The van der Waals surface area contributed by atoms with E-state index < -0.39 is 24.0 Å². The number of carbonyl (C=O) groups excluding carboxylic acids is 2. The largest absolute Gasteiger partial charge is 0.491 e. The van der Waals surface area contributed by atoms with Crippen molar-refractivity contribution in [3.8, 4) is 17.6 Å². The van der Waals surface area contributed by atoms with Gasteiger partial charge in [0, 0.05) is 6.08 Å². The molecule has 0 aromatic heterocycles. The quantitative estimate of drug-likeness (QED) is 0.525. The highest BCUT2D eigenvalue weighted by atomic mass is 35.5. The van der Waals surface area contributed by atoms with Crippen LogP contribution in [0.2, 0.25) is 5.02 Å². The van der Waals surface area contributed by atoms with Crippen LogP contribution in [0.4, 0.5) is 0 Å². The van der Waals surface area contributed by atoms with E-state index in [4.69, 9.17) is 25.8 Å². The Hall–Kier alpha value is -2.72. The summed E-state index contributed by atoms with van der Waals surface area (Å²) in [5.74, 6) is -0.296. The van der Waals surface area contributed by atoms with Crippen molar-refractivity contribution < 1.29 is 23.8 Å². The van der Waals surface area contributed by atoms with E-state index in [-0.39, 0.29) is 0 Å². The summed E-state index contributed by atoms with van der Waals surface area (Å²) in [6.45, 7) is 1.82. The number of nitriles is 1. The Kier molecular flexibility index (Phi) is 7.70. The number of rotatable bonds is 8. The van der Waals surface area contributed by atoms with Crippen LogP contribution in [0.1, 0.15) is 38.2 Å². The Bertz CT molecular complexity index is 795. The minimum Gasteiger partial charge on any atom is -0.491 e. The molecule has 0 spiro atoms. The maximum absolute atomic E-state index is 12.0. The number of amides is 1. The van der Waals surface area contributed by atoms with Crippen LogP contribution in [0.3, 0.4) is 0 Å². The zero-order chi connectivity index (χ0) is 20.6.